The number of ether oxygens (including phenoxy) is 1. The molecule has 3 heterocycles. The standard InChI is InChI=1S/C24H29N5O2/c1-28-16-25-15-22(28)18-2-3-19-14-26-23(13-20(19)12-18)27-24(30)17-4-6-21(7-5-17)29-8-10-31-11-9-29/h2-3,12-17,21H,4-11H2,1H3,(H,26,27,30)/t17-,21-. The van der Waals surface area contributed by atoms with Gasteiger partial charge in [-0.15, -0.1) is 0 Å². The van der Waals surface area contributed by atoms with Gasteiger partial charge in [0.05, 0.1) is 31.4 Å². The number of aryl methyl sites for hydroxylation is 1. The second kappa shape index (κ2) is 8.77. The van der Waals surface area contributed by atoms with Gasteiger partial charge in [-0.05, 0) is 43.2 Å². The summed E-state index contributed by atoms with van der Waals surface area (Å²) in [4.78, 5) is 24.1. The zero-order valence-corrected chi connectivity index (χ0v) is 18.0. The molecule has 2 aliphatic rings. The number of carbonyl (C=O) groups excluding carboxylic acids is 1. The van der Waals surface area contributed by atoms with Crippen LogP contribution in [0.3, 0.4) is 0 Å². The Labute approximate surface area is 182 Å². The number of hydrogen-bond acceptors (Lipinski definition) is 5. The molecule has 1 saturated heterocycles. The van der Waals surface area contributed by atoms with E-state index in [2.05, 4.69) is 38.4 Å². The third kappa shape index (κ3) is 4.34. The number of aromatic nitrogens is 3. The van der Waals surface area contributed by atoms with E-state index in [4.69, 9.17) is 4.74 Å². The van der Waals surface area contributed by atoms with Crippen molar-refractivity contribution in [1.29, 1.82) is 0 Å². The SMILES string of the molecule is Cn1cncc1-c1ccc2cnc(NC(=O)[C@H]3CC[C@H](N4CCOCC4)CC3)cc2c1. The van der Waals surface area contributed by atoms with Gasteiger partial charge < -0.3 is 14.6 Å². The molecular formula is C24H29N5O2. The van der Waals surface area contributed by atoms with E-state index in [1.165, 1.54) is 0 Å². The summed E-state index contributed by atoms with van der Waals surface area (Å²) in [5.74, 6) is 0.778. The van der Waals surface area contributed by atoms with Gasteiger partial charge in [0.2, 0.25) is 5.91 Å². The molecule has 0 bridgehead atoms. The average molecular weight is 420 g/mol. The zero-order chi connectivity index (χ0) is 21.2. The van der Waals surface area contributed by atoms with Crippen molar-refractivity contribution >= 4 is 22.5 Å². The highest BCUT2D eigenvalue weighted by Crippen LogP contribution is 2.30. The van der Waals surface area contributed by atoms with E-state index in [0.29, 0.717) is 11.9 Å². The van der Waals surface area contributed by atoms with Gasteiger partial charge in [0, 0.05) is 49.2 Å². The number of anilines is 1. The number of pyridine rings is 1. The molecule has 7 nitrogen and oxygen atoms in total. The smallest absolute Gasteiger partial charge is 0.228 e. The number of amides is 1. The molecule has 0 atom stereocenters. The van der Waals surface area contributed by atoms with E-state index in [1.807, 2.05) is 30.1 Å². The molecule has 1 aromatic carbocycles. The van der Waals surface area contributed by atoms with Gasteiger partial charge in [-0.25, -0.2) is 9.97 Å². The third-order valence-electron chi connectivity index (χ3n) is 6.72. The molecule has 1 saturated carbocycles. The predicted molar refractivity (Wildman–Crippen MR) is 121 cm³/mol. The fourth-order valence-corrected chi connectivity index (χ4v) is 4.88. The summed E-state index contributed by atoms with van der Waals surface area (Å²) in [6, 6.07) is 8.82. The number of imidazole rings is 1. The summed E-state index contributed by atoms with van der Waals surface area (Å²) in [5, 5.41) is 5.17. The molecule has 7 heteroatoms. The van der Waals surface area contributed by atoms with Crippen molar-refractivity contribution in [1.82, 2.24) is 19.4 Å². The molecule has 1 aliphatic heterocycles. The van der Waals surface area contributed by atoms with Crippen molar-refractivity contribution in [2.75, 3.05) is 31.6 Å². The van der Waals surface area contributed by atoms with Crippen LogP contribution in [0.2, 0.25) is 0 Å². The molecular weight excluding hydrogens is 390 g/mol. The first-order valence-corrected chi connectivity index (χ1v) is 11.2. The van der Waals surface area contributed by atoms with E-state index in [-0.39, 0.29) is 11.8 Å². The molecule has 1 amide bonds. The maximum absolute atomic E-state index is 12.9. The normalized spacial score (nSPS) is 22.5. The molecule has 0 spiro atoms. The van der Waals surface area contributed by atoms with Crippen LogP contribution in [0.1, 0.15) is 25.7 Å². The minimum atomic E-state index is 0.0653. The minimum Gasteiger partial charge on any atom is -0.379 e. The highest BCUT2D eigenvalue weighted by Gasteiger charge is 2.30. The van der Waals surface area contributed by atoms with Crippen LogP contribution < -0.4 is 5.32 Å². The van der Waals surface area contributed by atoms with Gasteiger partial charge in [-0.1, -0.05) is 12.1 Å². The van der Waals surface area contributed by atoms with Gasteiger partial charge in [0.25, 0.3) is 0 Å². The maximum atomic E-state index is 12.9. The fraction of sp³-hybridized carbons (Fsp3) is 0.458. The summed E-state index contributed by atoms with van der Waals surface area (Å²) in [6.07, 6.45) is 9.52. The van der Waals surface area contributed by atoms with E-state index < -0.39 is 0 Å². The number of rotatable bonds is 4. The van der Waals surface area contributed by atoms with Crippen LogP contribution in [-0.2, 0) is 16.6 Å². The molecule has 0 unspecified atom stereocenters. The van der Waals surface area contributed by atoms with Crippen molar-refractivity contribution in [2.45, 2.75) is 31.7 Å². The number of morpholine rings is 1. The number of nitrogens with one attached hydrogen (secondary N) is 1. The Morgan fingerprint density at radius 3 is 2.61 bits per heavy atom. The summed E-state index contributed by atoms with van der Waals surface area (Å²) < 4.78 is 7.46. The molecule has 31 heavy (non-hydrogen) atoms. The minimum absolute atomic E-state index is 0.0653. The van der Waals surface area contributed by atoms with E-state index in [0.717, 1.165) is 74.0 Å². The van der Waals surface area contributed by atoms with Crippen LogP contribution >= 0.6 is 0 Å². The zero-order valence-electron chi connectivity index (χ0n) is 18.0. The largest absolute Gasteiger partial charge is 0.379 e. The fourth-order valence-electron chi connectivity index (χ4n) is 4.88. The first-order valence-electron chi connectivity index (χ1n) is 11.2. The van der Waals surface area contributed by atoms with Gasteiger partial charge in [-0.2, -0.15) is 0 Å². The number of carbonyl (C=O) groups is 1. The van der Waals surface area contributed by atoms with Gasteiger partial charge >= 0.3 is 0 Å². The van der Waals surface area contributed by atoms with E-state index >= 15 is 0 Å². The lowest BCUT2D eigenvalue weighted by molar-refractivity contribution is -0.121. The van der Waals surface area contributed by atoms with Crippen LogP contribution in [0.15, 0.2) is 43.0 Å². The van der Waals surface area contributed by atoms with Crippen LogP contribution in [0, 0.1) is 5.92 Å². The summed E-state index contributed by atoms with van der Waals surface area (Å²) in [5.41, 5.74) is 2.15. The Balaban J connectivity index is 1.24. The van der Waals surface area contributed by atoms with Gasteiger partial charge in [0.15, 0.2) is 0 Å². The Morgan fingerprint density at radius 2 is 1.87 bits per heavy atom. The van der Waals surface area contributed by atoms with Crippen molar-refractivity contribution < 1.29 is 9.53 Å². The molecule has 2 fully saturated rings. The van der Waals surface area contributed by atoms with Crippen molar-refractivity contribution in [3.05, 3.63) is 43.0 Å². The Morgan fingerprint density at radius 1 is 1.06 bits per heavy atom. The van der Waals surface area contributed by atoms with Gasteiger partial charge in [0.1, 0.15) is 5.82 Å². The quantitative estimate of drug-likeness (QED) is 0.701. The van der Waals surface area contributed by atoms with Crippen molar-refractivity contribution in [2.24, 2.45) is 13.0 Å². The first kappa shape index (κ1) is 20.2. The Kier molecular flexibility index (Phi) is 5.70. The van der Waals surface area contributed by atoms with Crippen LogP contribution in [-0.4, -0.2) is 57.7 Å². The highest BCUT2D eigenvalue weighted by molar-refractivity contribution is 5.95. The lowest BCUT2D eigenvalue weighted by Crippen LogP contribution is -2.45. The summed E-state index contributed by atoms with van der Waals surface area (Å²) in [7, 11) is 1.98. The van der Waals surface area contributed by atoms with E-state index in [1.54, 1.807) is 6.33 Å². The number of nitrogens with zero attached hydrogens (tertiary/aromatic N) is 4. The lowest BCUT2D eigenvalue weighted by Gasteiger charge is -2.38. The lowest BCUT2D eigenvalue weighted by atomic mass is 9.84. The molecule has 5 rings (SSSR count). The second-order valence-electron chi connectivity index (χ2n) is 8.66. The topological polar surface area (TPSA) is 72.3 Å². The van der Waals surface area contributed by atoms with Crippen LogP contribution in [0.5, 0.6) is 0 Å². The molecule has 1 aliphatic carbocycles. The molecule has 1 N–H and O–H groups in total. The molecule has 0 radical (unpaired) electrons. The number of fused-ring (bicyclic) bond motifs is 1. The van der Waals surface area contributed by atoms with Crippen molar-refractivity contribution in [3.63, 3.8) is 0 Å². The number of benzene rings is 1. The molecule has 2 aromatic heterocycles. The summed E-state index contributed by atoms with van der Waals surface area (Å²) >= 11 is 0. The van der Waals surface area contributed by atoms with Gasteiger partial charge in [-0.3, -0.25) is 9.69 Å². The average Bonchev–Trinajstić information content (AvgIpc) is 3.25. The second-order valence-corrected chi connectivity index (χ2v) is 8.66. The van der Waals surface area contributed by atoms with Crippen LogP contribution in [0.4, 0.5) is 5.82 Å². The van der Waals surface area contributed by atoms with Crippen molar-refractivity contribution in [3.8, 4) is 11.3 Å². The Bertz CT molecular complexity index is 1060. The maximum Gasteiger partial charge on any atom is 0.228 e. The Hall–Kier alpha value is -2.77. The van der Waals surface area contributed by atoms with E-state index in [9.17, 15) is 4.79 Å². The predicted octanol–water partition coefficient (Wildman–Crippen LogP) is 3.46. The number of hydrogen-bond donors (Lipinski definition) is 1. The molecule has 162 valence electrons. The van der Waals surface area contributed by atoms with Crippen LogP contribution in [0.25, 0.3) is 22.0 Å². The third-order valence-corrected chi connectivity index (χ3v) is 6.72. The first-order chi connectivity index (χ1) is 15.2. The monoisotopic (exact) mass is 419 g/mol. The highest BCUT2D eigenvalue weighted by atomic mass is 16.5. The summed E-state index contributed by atoms with van der Waals surface area (Å²) in [6.45, 7) is 3.69. The molecule has 3 aromatic rings.